The van der Waals surface area contributed by atoms with Gasteiger partial charge in [0.15, 0.2) is 0 Å². The van der Waals surface area contributed by atoms with Crippen molar-refractivity contribution in [1.82, 2.24) is 0 Å². The van der Waals surface area contributed by atoms with E-state index in [1.165, 1.54) is 0 Å². The lowest BCUT2D eigenvalue weighted by molar-refractivity contribution is -0.561. The molecule has 16 heavy (non-hydrogen) atoms. The molecule has 4 fully saturated rings. The van der Waals surface area contributed by atoms with Gasteiger partial charge in [-0.25, -0.2) is 0 Å². The smallest absolute Gasteiger partial charge is 0.316 e. The van der Waals surface area contributed by atoms with E-state index in [-0.39, 0.29) is 10.8 Å². The van der Waals surface area contributed by atoms with Gasteiger partial charge in [0, 0.05) is 10.8 Å². The molecule has 4 aliphatic rings. The Kier molecular flexibility index (Phi) is 1.86. The summed E-state index contributed by atoms with van der Waals surface area (Å²) in [5.74, 6) is -0.0831. The van der Waals surface area contributed by atoms with Gasteiger partial charge in [-0.3, -0.25) is 14.9 Å². The quantitative estimate of drug-likeness (QED) is 0.571. The minimum absolute atomic E-state index is 0.0114. The Balaban J connectivity index is 2.05. The second kappa shape index (κ2) is 2.96. The first-order valence-corrected chi connectivity index (χ1v) is 5.90. The average molecular weight is 225 g/mol. The number of carboxylic acids is 1. The standard InChI is InChI=1S/C11H15NO4/c13-10(14)11-4-6-1-7(5-11)3-8(2-6)9(11)12(15)16/h6-9H,1-5H2,(H,13,14). The van der Waals surface area contributed by atoms with Crippen molar-refractivity contribution in [2.24, 2.45) is 23.2 Å². The van der Waals surface area contributed by atoms with Gasteiger partial charge in [0.05, 0.1) is 0 Å². The van der Waals surface area contributed by atoms with Crippen LogP contribution in [0.4, 0.5) is 0 Å². The maximum atomic E-state index is 11.5. The number of carbonyl (C=O) groups is 1. The largest absolute Gasteiger partial charge is 0.481 e. The molecule has 0 heterocycles. The number of hydrogen-bond donors (Lipinski definition) is 1. The van der Waals surface area contributed by atoms with Crippen molar-refractivity contribution >= 4 is 5.97 Å². The van der Waals surface area contributed by atoms with Crippen LogP contribution in [0.2, 0.25) is 0 Å². The fourth-order valence-corrected chi connectivity index (χ4v) is 4.69. The van der Waals surface area contributed by atoms with Gasteiger partial charge in [-0.1, -0.05) is 0 Å². The summed E-state index contributed by atoms with van der Waals surface area (Å²) in [5, 5.41) is 20.5. The van der Waals surface area contributed by atoms with Crippen molar-refractivity contribution in [2.45, 2.75) is 38.1 Å². The van der Waals surface area contributed by atoms with Crippen LogP contribution in [0.25, 0.3) is 0 Å². The summed E-state index contributed by atoms with van der Waals surface area (Å²) >= 11 is 0. The molecule has 1 N–H and O–H groups in total. The first-order valence-electron chi connectivity index (χ1n) is 5.90. The summed E-state index contributed by atoms with van der Waals surface area (Å²) in [6.07, 6.45) is 3.90. The van der Waals surface area contributed by atoms with E-state index in [4.69, 9.17) is 0 Å². The van der Waals surface area contributed by atoms with E-state index >= 15 is 0 Å². The number of rotatable bonds is 2. The zero-order chi connectivity index (χ0) is 11.5. The van der Waals surface area contributed by atoms with Crippen molar-refractivity contribution in [2.75, 3.05) is 0 Å². The zero-order valence-electron chi connectivity index (χ0n) is 8.96. The normalized spacial score (nSPS) is 49.2. The first kappa shape index (κ1) is 10.1. The molecule has 4 saturated carbocycles. The molecular formula is C11H15NO4. The summed E-state index contributed by atoms with van der Waals surface area (Å²) in [5.41, 5.74) is -1.04. The van der Waals surface area contributed by atoms with Crippen LogP contribution in [0.15, 0.2) is 0 Å². The highest BCUT2D eigenvalue weighted by Gasteiger charge is 2.66. The van der Waals surface area contributed by atoms with Crippen LogP contribution in [0.1, 0.15) is 32.1 Å². The van der Waals surface area contributed by atoms with E-state index < -0.39 is 17.4 Å². The maximum Gasteiger partial charge on any atom is 0.316 e. The summed E-state index contributed by atoms with van der Waals surface area (Å²) in [6.45, 7) is 0. The molecule has 4 bridgehead atoms. The van der Waals surface area contributed by atoms with Gasteiger partial charge in [-0.15, -0.1) is 0 Å². The number of nitro groups is 1. The van der Waals surface area contributed by atoms with E-state index in [0.717, 1.165) is 19.3 Å². The Labute approximate surface area is 93.0 Å². The average Bonchev–Trinajstić information content (AvgIpc) is 2.14. The maximum absolute atomic E-state index is 11.5. The molecule has 4 rings (SSSR count). The fourth-order valence-electron chi connectivity index (χ4n) is 4.69. The topological polar surface area (TPSA) is 80.4 Å². The van der Waals surface area contributed by atoms with Crippen LogP contribution >= 0.6 is 0 Å². The first-order chi connectivity index (χ1) is 7.53. The highest BCUT2D eigenvalue weighted by atomic mass is 16.6. The molecule has 5 heteroatoms. The van der Waals surface area contributed by atoms with Crippen molar-refractivity contribution in [3.8, 4) is 0 Å². The third-order valence-electron chi connectivity index (χ3n) is 4.91. The van der Waals surface area contributed by atoms with Crippen molar-refractivity contribution < 1.29 is 14.8 Å². The van der Waals surface area contributed by atoms with Gasteiger partial charge in [-0.2, -0.15) is 0 Å². The van der Waals surface area contributed by atoms with E-state index in [0.29, 0.717) is 24.7 Å². The Morgan fingerprint density at radius 1 is 1.25 bits per heavy atom. The van der Waals surface area contributed by atoms with Gasteiger partial charge in [0.1, 0.15) is 5.41 Å². The van der Waals surface area contributed by atoms with Crippen LogP contribution in [0.3, 0.4) is 0 Å². The molecule has 4 aliphatic carbocycles. The molecule has 0 aromatic carbocycles. The Morgan fingerprint density at radius 3 is 2.25 bits per heavy atom. The van der Waals surface area contributed by atoms with Crippen LogP contribution < -0.4 is 0 Å². The van der Waals surface area contributed by atoms with Crippen LogP contribution in [0.5, 0.6) is 0 Å². The number of nitrogens with zero attached hydrogens (tertiary/aromatic N) is 1. The van der Waals surface area contributed by atoms with Crippen molar-refractivity contribution in [3.63, 3.8) is 0 Å². The minimum atomic E-state index is -1.04. The second-order valence-corrected chi connectivity index (χ2v) is 5.80. The number of hydrogen-bond acceptors (Lipinski definition) is 3. The molecule has 0 aromatic heterocycles. The molecule has 0 aromatic rings. The lowest BCUT2D eigenvalue weighted by Crippen LogP contribution is -2.61. The lowest BCUT2D eigenvalue weighted by atomic mass is 9.47. The molecule has 5 nitrogen and oxygen atoms in total. The van der Waals surface area contributed by atoms with E-state index in [9.17, 15) is 20.0 Å². The highest BCUT2D eigenvalue weighted by molar-refractivity contribution is 5.76. The zero-order valence-corrected chi connectivity index (χ0v) is 8.96. The van der Waals surface area contributed by atoms with Crippen molar-refractivity contribution in [1.29, 1.82) is 0 Å². The van der Waals surface area contributed by atoms with E-state index in [1.54, 1.807) is 0 Å². The number of carboxylic acid groups (broad SMARTS) is 1. The van der Waals surface area contributed by atoms with Crippen molar-refractivity contribution in [3.05, 3.63) is 10.1 Å². The van der Waals surface area contributed by atoms with Crippen LogP contribution in [0, 0.1) is 33.3 Å². The monoisotopic (exact) mass is 225 g/mol. The third-order valence-corrected chi connectivity index (χ3v) is 4.91. The fraction of sp³-hybridized carbons (Fsp3) is 0.909. The van der Waals surface area contributed by atoms with E-state index in [1.807, 2.05) is 0 Å². The summed E-state index contributed by atoms with van der Waals surface area (Å²) < 4.78 is 0. The molecule has 0 saturated heterocycles. The summed E-state index contributed by atoms with van der Waals surface area (Å²) in [7, 11) is 0. The van der Waals surface area contributed by atoms with Gasteiger partial charge >= 0.3 is 5.97 Å². The van der Waals surface area contributed by atoms with Gasteiger partial charge in [-0.05, 0) is 43.9 Å². The predicted molar refractivity (Wildman–Crippen MR) is 54.4 cm³/mol. The van der Waals surface area contributed by atoms with Gasteiger partial charge in [0.25, 0.3) is 0 Å². The lowest BCUT2D eigenvalue weighted by Gasteiger charge is -2.54. The molecule has 0 spiro atoms. The van der Waals surface area contributed by atoms with Crippen LogP contribution in [-0.2, 0) is 4.79 Å². The second-order valence-electron chi connectivity index (χ2n) is 5.80. The molecular weight excluding hydrogens is 210 g/mol. The molecule has 3 atom stereocenters. The Morgan fingerprint density at radius 2 is 1.81 bits per heavy atom. The Bertz CT molecular complexity index is 353. The molecule has 88 valence electrons. The summed E-state index contributed by atoms with van der Waals surface area (Å²) in [4.78, 5) is 22.3. The molecule has 0 radical (unpaired) electrons. The van der Waals surface area contributed by atoms with Crippen LogP contribution in [-0.4, -0.2) is 22.0 Å². The predicted octanol–water partition coefficient (Wildman–Crippen LogP) is 1.54. The number of aliphatic carboxylic acids is 1. The molecule has 0 aliphatic heterocycles. The highest BCUT2D eigenvalue weighted by Crippen LogP contribution is 2.60. The Hall–Kier alpha value is -1.13. The van der Waals surface area contributed by atoms with Gasteiger partial charge in [0.2, 0.25) is 6.04 Å². The SMILES string of the molecule is O=C(O)C12CC3CC(CC(C3)C1[N+](=O)[O-])C2. The molecule has 3 unspecified atom stereocenters. The minimum Gasteiger partial charge on any atom is -0.481 e. The summed E-state index contributed by atoms with van der Waals surface area (Å²) in [6, 6.07) is -0.835. The van der Waals surface area contributed by atoms with Gasteiger partial charge < -0.3 is 5.11 Å². The molecule has 0 amide bonds. The van der Waals surface area contributed by atoms with E-state index in [2.05, 4.69) is 0 Å². The third kappa shape index (κ3) is 1.09.